The van der Waals surface area contributed by atoms with E-state index in [9.17, 15) is 0 Å². The fourth-order valence-electron chi connectivity index (χ4n) is 1.81. The van der Waals surface area contributed by atoms with Gasteiger partial charge in [0.25, 0.3) is 0 Å². The molecule has 66 valence electrons. The molecule has 0 aromatic carbocycles. The summed E-state index contributed by atoms with van der Waals surface area (Å²) in [5.74, 6) is 1.55. The van der Waals surface area contributed by atoms with Gasteiger partial charge in [0.05, 0.1) is 5.69 Å². The van der Waals surface area contributed by atoms with Gasteiger partial charge in [-0.15, -0.1) is 11.3 Å². The van der Waals surface area contributed by atoms with Crippen molar-refractivity contribution >= 4 is 24.0 Å². The van der Waals surface area contributed by atoms with E-state index < -0.39 is 0 Å². The van der Waals surface area contributed by atoms with Crippen LogP contribution < -0.4 is 0 Å². The van der Waals surface area contributed by atoms with E-state index in [1.165, 1.54) is 36.4 Å². The number of thiazole rings is 1. The Bertz CT molecular complexity index is 251. The topological polar surface area (TPSA) is 12.9 Å². The van der Waals surface area contributed by atoms with Gasteiger partial charge in [-0.1, -0.05) is 12.8 Å². The van der Waals surface area contributed by atoms with Gasteiger partial charge < -0.3 is 0 Å². The first-order valence-corrected chi connectivity index (χ1v) is 5.96. The Kier molecular flexibility index (Phi) is 2.71. The Morgan fingerprint density at radius 2 is 2.25 bits per heavy atom. The van der Waals surface area contributed by atoms with Crippen LogP contribution >= 0.6 is 24.0 Å². The fourth-order valence-corrected chi connectivity index (χ4v) is 2.84. The fraction of sp³-hybridized carbons (Fsp3) is 0.667. The molecule has 1 aliphatic rings. The second kappa shape index (κ2) is 3.79. The summed E-state index contributed by atoms with van der Waals surface area (Å²) in [6.45, 7) is 0. The highest BCUT2D eigenvalue weighted by Gasteiger charge is 2.19. The highest BCUT2D eigenvalue weighted by Crippen LogP contribution is 2.34. The van der Waals surface area contributed by atoms with Crippen LogP contribution in [0.4, 0.5) is 0 Å². The Hall–Kier alpha value is -0.0200. The van der Waals surface area contributed by atoms with Crippen LogP contribution in [-0.2, 0) is 5.75 Å². The van der Waals surface area contributed by atoms with Crippen LogP contribution in [0.2, 0.25) is 0 Å². The predicted molar refractivity (Wildman–Crippen MR) is 56.0 cm³/mol. The summed E-state index contributed by atoms with van der Waals surface area (Å²) in [5, 5.41) is 3.38. The number of aromatic nitrogens is 1. The SMILES string of the molecule is SCc1nc(C2CCCC2)cs1. The smallest absolute Gasteiger partial charge is 0.102 e. The van der Waals surface area contributed by atoms with Crippen molar-refractivity contribution in [1.82, 2.24) is 4.98 Å². The Balaban J connectivity index is 2.11. The first kappa shape index (κ1) is 8.57. The molecule has 1 saturated carbocycles. The van der Waals surface area contributed by atoms with E-state index in [1.54, 1.807) is 11.3 Å². The molecular weight excluding hydrogens is 186 g/mol. The van der Waals surface area contributed by atoms with E-state index >= 15 is 0 Å². The second-order valence-corrected chi connectivity index (χ2v) is 4.56. The number of thiol groups is 1. The van der Waals surface area contributed by atoms with Crippen molar-refractivity contribution in [1.29, 1.82) is 0 Å². The maximum atomic E-state index is 4.55. The number of rotatable bonds is 2. The standard InChI is InChI=1S/C9H13NS2/c11-5-9-10-8(6-12-9)7-3-1-2-4-7/h6-7,11H,1-5H2. The quantitative estimate of drug-likeness (QED) is 0.722. The minimum absolute atomic E-state index is 0.759. The van der Waals surface area contributed by atoms with Gasteiger partial charge in [-0.3, -0.25) is 0 Å². The first-order valence-electron chi connectivity index (χ1n) is 4.45. The molecule has 1 aromatic heterocycles. The van der Waals surface area contributed by atoms with E-state index in [-0.39, 0.29) is 0 Å². The van der Waals surface area contributed by atoms with Gasteiger partial charge in [-0.25, -0.2) is 4.98 Å². The van der Waals surface area contributed by atoms with Gasteiger partial charge >= 0.3 is 0 Å². The molecule has 2 rings (SSSR count). The molecule has 0 unspecified atom stereocenters. The average molecular weight is 199 g/mol. The number of nitrogens with zero attached hydrogens (tertiary/aromatic N) is 1. The molecular formula is C9H13NS2. The van der Waals surface area contributed by atoms with E-state index in [4.69, 9.17) is 0 Å². The molecule has 1 heterocycles. The van der Waals surface area contributed by atoms with Gasteiger partial charge in [-0.2, -0.15) is 12.6 Å². The lowest BCUT2D eigenvalue weighted by atomic mass is 10.1. The minimum atomic E-state index is 0.759. The van der Waals surface area contributed by atoms with Crippen molar-refractivity contribution in [2.24, 2.45) is 0 Å². The highest BCUT2D eigenvalue weighted by atomic mass is 32.1. The molecule has 0 amide bonds. The largest absolute Gasteiger partial charge is 0.245 e. The van der Waals surface area contributed by atoms with E-state index in [2.05, 4.69) is 23.0 Å². The second-order valence-electron chi connectivity index (χ2n) is 3.31. The molecule has 0 N–H and O–H groups in total. The monoisotopic (exact) mass is 199 g/mol. The van der Waals surface area contributed by atoms with Crippen LogP contribution in [0.3, 0.4) is 0 Å². The molecule has 0 bridgehead atoms. The van der Waals surface area contributed by atoms with Crippen molar-refractivity contribution in [3.8, 4) is 0 Å². The van der Waals surface area contributed by atoms with Gasteiger partial charge in [0.2, 0.25) is 0 Å². The molecule has 1 nitrogen and oxygen atoms in total. The first-order chi connectivity index (χ1) is 5.90. The van der Waals surface area contributed by atoms with Crippen LogP contribution in [0.25, 0.3) is 0 Å². The summed E-state index contributed by atoms with van der Waals surface area (Å²) in [5.41, 5.74) is 1.32. The summed E-state index contributed by atoms with van der Waals surface area (Å²) >= 11 is 5.96. The maximum absolute atomic E-state index is 4.55. The zero-order valence-corrected chi connectivity index (χ0v) is 8.70. The average Bonchev–Trinajstić information content (AvgIpc) is 2.75. The van der Waals surface area contributed by atoms with Gasteiger partial charge in [0, 0.05) is 17.1 Å². The third-order valence-corrected chi connectivity index (χ3v) is 3.86. The summed E-state index contributed by atoms with van der Waals surface area (Å²) in [4.78, 5) is 4.55. The van der Waals surface area contributed by atoms with Crippen LogP contribution in [0.15, 0.2) is 5.38 Å². The number of hydrogen-bond acceptors (Lipinski definition) is 3. The predicted octanol–water partition coefficient (Wildman–Crippen LogP) is 3.23. The Morgan fingerprint density at radius 3 is 2.83 bits per heavy atom. The lowest BCUT2D eigenvalue weighted by molar-refractivity contribution is 0.701. The lowest BCUT2D eigenvalue weighted by Crippen LogP contribution is -1.92. The number of hydrogen-bond donors (Lipinski definition) is 1. The summed E-state index contributed by atoms with van der Waals surface area (Å²) in [6.07, 6.45) is 5.46. The maximum Gasteiger partial charge on any atom is 0.102 e. The van der Waals surface area contributed by atoms with E-state index in [0.717, 1.165) is 11.7 Å². The van der Waals surface area contributed by atoms with Crippen molar-refractivity contribution in [2.45, 2.75) is 37.4 Å². The molecule has 0 aliphatic heterocycles. The summed E-state index contributed by atoms with van der Waals surface area (Å²) in [7, 11) is 0. The molecule has 0 saturated heterocycles. The third-order valence-electron chi connectivity index (χ3n) is 2.48. The van der Waals surface area contributed by atoms with Crippen LogP contribution in [-0.4, -0.2) is 4.98 Å². The molecule has 12 heavy (non-hydrogen) atoms. The minimum Gasteiger partial charge on any atom is -0.245 e. The molecule has 1 aliphatic carbocycles. The van der Waals surface area contributed by atoms with Crippen LogP contribution in [0.1, 0.15) is 42.3 Å². The highest BCUT2D eigenvalue weighted by molar-refractivity contribution is 7.79. The van der Waals surface area contributed by atoms with Crippen molar-refractivity contribution in [2.75, 3.05) is 0 Å². The molecule has 0 spiro atoms. The summed E-state index contributed by atoms with van der Waals surface area (Å²) < 4.78 is 0. The van der Waals surface area contributed by atoms with Crippen molar-refractivity contribution < 1.29 is 0 Å². The molecule has 0 radical (unpaired) electrons. The van der Waals surface area contributed by atoms with Crippen molar-refractivity contribution in [3.05, 3.63) is 16.1 Å². The van der Waals surface area contributed by atoms with Crippen molar-refractivity contribution in [3.63, 3.8) is 0 Å². The Morgan fingerprint density at radius 1 is 1.50 bits per heavy atom. The zero-order chi connectivity index (χ0) is 8.39. The molecule has 0 atom stereocenters. The van der Waals surface area contributed by atoms with Crippen LogP contribution in [0, 0.1) is 0 Å². The molecule has 1 fully saturated rings. The molecule has 1 aromatic rings. The van der Waals surface area contributed by atoms with Gasteiger partial charge in [0.15, 0.2) is 0 Å². The van der Waals surface area contributed by atoms with Crippen LogP contribution in [0.5, 0.6) is 0 Å². The van der Waals surface area contributed by atoms with Gasteiger partial charge in [0.1, 0.15) is 5.01 Å². The van der Waals surface area contributed by atoms with E-state index in [0.29, 0.717) is 0 Å². The Labute approximate surface area is 82.6 Å². The zero-order valence-electron chi connectivity index (χ0n) is 6.99. The normalized spacial score (nSPS) is 18.8. The third kappa shape index (κ3) is 1.67. The van der Waals surface area contributed by atoms with Gasteiger partial charge in [-0.05, 0) is 12.8 Å². The molecule has 3 heteroatoms. The van der Waals surface area contributed by atoms with E-state index in [1.807, 2.05) is 0 Å². The lowest BCUT2D eigenvalue weighted by Gasteiger charge is -2.02. The summed E-state index contributed by atoms with van der Waals surface area (Å²) in [6, 6.07) is 0.